The Labute approximate surface area is 55.0 Å². The molecule has 0 aliphatic carbocycles. The summed E-state index contributed by atoms with van der Waals surface area (Å²) < 4.78 is 35.9. The highest BCUT2D eigenvalue weighted by molar-refractivity contribution is 8.19. The molecule has 58 valence electrons. The van der Waals surface area contributed by atoms with Gasteiger partial charge in [0.2, 0.25) is 0 Å². The molecular formula is C4H10F3NS. The lowest BCUT2D eigenvalue weighted by molar-refractivity contribution is 0.552. The van der Waals surface area contributed by atoms with E-state index >= 15 is 0 Å². The zero-order chi connectivity index (χ0) is 7.49. The average Bonchev–Trinajstić information content (AvgIpc) is 1.62. The van der Waals surface area contributed by atoms with Crippen molar-refractivity contribution < 1.29 is 11.7 Å². The van der Waals surface area contributed by atoms with E-state index in [9.17, 15) is 11.7 Å². The maximum Gasteiger partial charge on any atom is 0.275 e. The minimum absolute atomic E-state index is 0.444. The van der Waals surface area contributed by atoms with Gasteiger partial charge in [0.15, 0.2) is 0 Å². The Morgan fingerprint density at radius 1 is 1.44 bits per heavy atom. The molecule has 0 aromatic rings. The minimum Gasteiger partial charge on any atom is -0.203 e. The van der Waals surface area contributed by atoms with Crippen molar-refractivity contribution in [1.29, 1.82) is 0 Å². The predicted molar refractivity (Wildman–Crippen MR) is 33.8 cm³/mol. The Bertz CT molecular complexity index is 82.4. The summed E-state index contributed by atoms with van der Waals surface area (Å²) in [6.45, 7) is 3.23. The lowest BCUT2D eigenvalue weighted by Gasteiger charge is -2.15. The lowest BCUT2D eigenvalue weighted by atomic mass is 10.3. The Hall–Kier alpha value is 0.100. The lowest BCUT2D eigenvalue weighted by Crippen LogP contribution is -2.22. The molecule has 5 heteroatoms. The number of rotatable bonds is 3. The fourth-order valence-electron chi connectivity index (χ4n) is 0.311. The van der Waals surface area contributed by atoms with Gasteiger partial charge in [-0.1, -0.05) is 6.92 Å². The predicted octanol–water partition coefficient (Wildman–Crippen LogP) is 2.75. The molecule has 1 atom stereocenters. The van der Waals surface area contributed by atoms with E-state index in [0.717, 1.165) is 0 Å². The normalized spacial score (nSPS) is 17.4. The second-order valence-corrected chi connectivity index (χ2v) is 2.88. The first-order valence-corrected chi connectivity index (χ1v) is 3.98. The van der Waals surface area contributed by atoms with Gasteiger partial charge in [-0.25, -0.2) is 4.72 Å². The minimum atomic E-state index is -4.99. The van der Waals surface area contributed by atoms with Crippen molar-refractivity contribution in [3.05, 3.63) is 0 Å². The summed E-state index contributed by atoms with van der Waals surface area (Å²) >= 11 is -4.99. The number of hydrogen-bond donors (Lipinski definition) is 1. The van der Waals surface area contributed by atoms with Gasteiger partial charge in [-0.3, -0.25) is 0 Å². The van der Waals surface area contributed by atoms with Crippen LogP contribution in [0.5, 0.6) is 0 Å². The van der Waals surface area contributed by atoms with Crippen molar-refractivity contribution in [3.63, 3.8) is 0 Å². The van der Waals surface area contributed by atoms with Crippen molar-refractivity contribution in [2.45, 2.75) is 26.3 Å². The van der Waals surface area contributed by atoms with Crippen LogP contribution in [0.2, 0.25) is 0 Å². The van der Waals surface area contributed by atoms with Crippen molar-refractivity contribution in [2.75, 3.05) is 0 Å². The van der Waals surface area contributed by atoms with Crippen molar-refractivity contribution in [2.24, 2.45) is 0 Å². The van der Waals surface area contributed by atoms with E-state index in [1.54, 1.807) is 11.6 Å². The highest BCUT2D eigenvalue weighted by Crippen LogP contribution is 2.49. The van der Waals surface area contributed by atoms with Gasteiger partial charge in [0, 0.05) is 6.04 Å². The van der Waals surface area contributed by atoms with Crippen LogP contribution in [0.3, 0.4) is 0 Å². The maximum absolute atomic E-state index is 11.5. The third-order valence-electron chi connectivity index (χ3n) is 0.947. The van der Waals surface area contributed by atoms with Crippen LogP contribution in [0, 0.1) is 0 Å². The molecule has 1 unspecified atom stereocenters. The second kappa shape index (κ2) is 3.31. The summed E-state index contributed by atoms with van der Waals surface area (Å²) in [6.07, 6.45) is 0.506. The highest BCUT2D eigenvalue weighted by Gasteiger charge is 2.21. The zero-order valence-corrected chi connectivity index (χ0v) is 6.14. The summed E-state index contributed by atoms with van der Waals surface area (Å²) in [4.78, 5) is 0. The molecule has 0 rings (SSSR count). The van der Waals surface area contributed by atoms with Gasteiger partial charge in [0.05, 0.1) is 0 Å². The molecule has 0 bridgehead atoms. The smallest absolute Gasteiger partial charge is 0.203 e. The summed E-state index contributed by atoms with van der Waals surface area (Å²) in [5.41, 5.74) is 0. The molecule has 0 amide bonds. The van der Waals surface area contributed by atoms with Crippen molar-refractivity contribution in [1.82, 2.24) is 4.72 Å². The molecule has 0 aliphatic rings. The number of nitrogens with one attached hydrogen (secondary N) is 1. The van der Waals surface area contributed by atoms with Gasteiger partial charge in [-0.2, -0.15) is 0 Å². The van der Waals surface area contributed by atoms with Crippen LogP contribution < -0.4 is 4.72 Å². The Morgan fingerprint density at radius 3 is 2.00 bits per heavy atom. The molecule has 9 heavy (non-hydrogen) atoms. The van der Waals surface area contributed by atoms with Crippen molar-refractivity contribution >= 4 is 11.4 Å². The monoisotopic (exact) mass is 161 g/mol. The average molecular weight is 161 g/mol. The summed E-state index contributed by atoms with van der Waals surface area (Å²) in [5, 5.41) is 0. The van der Waals surface area contributed by atoms with Crippen LogP contribution in [0.25, 0.3) is 0 Å². The van der Waals surface area contributed by atoms with Crippen molar-refractivity contribution in [3.8, 4) is 0 Å². The van der Waals surface area contributed by atoms with Gasteiger partial charge >= 0.3 is 0 Å². The highest BCUT2D eigenvalue weighted by atomic mass is 32.3. The van der Waals surface area contributed by atoms with Gasteiger partial charge in [0.1, 0.15) is 0 Å². The van der Waals surface area contributed by atoms with Gasteiger partial charge in [-0.15, -0.1) is 11.7 Å². The van der Waals surface area contributed by atoms with E-state index in [1.165, 1.54) is 6.92 Å². The first-order chi connectivity index (χ1) is 3.95. The Morgan fingerprint density at radius 2 is 1.89 bits per heavy atom. The molecule has 0 radical (unpaired) electrons. The van der Waals surface area contributed by atoms with Crippen LogP contribution >= 0.6 is 11.4 Å². The largest absolute Gasteiger partial charge is 0.275 e. The van der Waals surface area contributed by atoms with Crippen LogP contribution in [0.1, 0.15) is 20.3 Å². The summed E-state index contributed by atoms with van der Waals surface area (Å²) in [5.74, 6) is 0. The van der Waals surface area contributed by atoms with Crippen LogP contribution in [-0.2, 0) is 0 Å². The first-order valence-electron chi connectivity index (χ1n) is 2.65. The standard InChI is InChI=1S/C4H10F3NS/c1-3-4(2)8-9(5,6)7/h4,8H,3H2,1-2H3. The SMILES string of the molecule is CCC(C)NS(F)(F)F. The maximum atomic E-state index is 11.5. The molecule has 0 heterocycles. The molecule has 0 spiro atoms. The Balaban J connectivity index is 3.47. The van der Waals surface area contributed by atoms with Crippen LogP contribution in [0.4, 0.5) is 11.7 Å². The van der Waals surface area contributed by atoms with E-state index in [4.69, 9.17) is 0 Å². The summed E-state index contributed by atoms with van der Waals surface area (Å²) in [7, 11) is 0. The van der Waals surface area contributed by atoms with Crippen LogP contribution in [0.15, 0.2) is 0 Å². The van der Waals surface area contributed by atoms with E-state index in [2.05, 4.69) is 0 Å². The number of hydrogen-bond acceptors (Lipinski definition) is 1. The Kier molecular flexibility index (Phi) is 3.35. The van der Waals surface area contributed by atoms with Gasteiger partial charge in [-0.05, 0) is 13.3 Å². The summed E-state index contributed by atoms with van der Waals surface area (Å²) in [6, 6.07) is -0.444. The molecular weight excluding hydrogens is 151 g/mol. The number of halogens is 3. The molecule has 0 fully saturated rings. The topological polar surface area (TPSA) is 12.0 Å². The van der Waals surface area contributed by atoms with E-state index < -0.39 is 17.4 Å². The van der Waals surface area contributed by atoms with Gasteiger partial charge < -0.3 is 0 Å². The molecule has 0 aromatic heterocycles. The van der Waals surface area contributed by atoms with Gasteiger partial charge in [0.25, 0.3) is 11.4 Å². The molecule has 0 saturated carbocycles. The second-order valence-electron chi connectivity index (χ2n) is 1.83. The van der Waals surface area contributed by atoms with E-state index in [1.807, 2.05) is 0 Å². The first kappa shape index (κ1) is 9.10. The molecule has 1 N–H and O–H groups in total. The van der Waals surface area contributed by atoms with Crippen LogP contribution in [-0.4, -0.2) is 6.04 Å². The molecule has 1 nitrogen and oxygen atoms in total. The molecule has 0 aliphatic heterocycles. The third-order valence-corrected chi connectivity index (χ3v) is 1.62. The van der Waals surface area contributed by atoms with E-state index in [-0.39, 0.29) is 0 Å². The third kappa shape index (κ3) is 5.98. The van der Waals surface area contributed by atoms with E-state index in [0.29, 0.717) is 6.42 Å². The quantitative estimate of drug-likeness (QED) is 0.671. The fraction of sp³-hybridized carbons (Fsp3) is 1.00. The molecule has 0 saturated heterocycles. The fourth-order valence-corrected chi connectivity index (χ4v) is 0.934. The molecule has 0 aromatic carbocycles. The zero-order valence-electron chi connectivity index (χ0n) is 5.33.